The molecule has 1 aliphatic carbocycles. The minimum Gasteiger partial charge on any atom is -0.497 e. The van der Waals surface area contributed by atoms with E-state index in [1.807, 2.05) is 22.0 Å². The summed E-state index contributed by atoms with van der Waals surface area (Å²) in [5.41, 5.74) is 0. The highest BCUT2D eigenvalue weighted by atomic mass is 19.1. The van der Waals surface area contributed by atoms with E-state index in [-0.39, 0.29) is 11.7 Å². The van der Waals surface area contributed by atoms with Crippen LogP contribution in [0, 0.1) is 11.7 Å². The van der Waals surface area contributed by atoms with E-state index in [9.17, 15) is 0 Å². The molecular formula is C21H27FN4O3. The highest BCUT2D eigenvalue weighted by Gasteiger charge is 2.25. The van der Waals surface area contributed by atoms with Crippen molar-refractivity contribution in [2.45, 2.75) is 6.42 Å². The normalized spacial score (nSPS) is 22.8. The van der Waals surface area contributed by atoms with Crippen molar-refractivity contribution in [1.29, 1.82) is 0 Å². The van der Waals surface area contributed by atoms with Crippen LogP contribution in [0.2, 0.25) is 0 Å². The van der Waals surface area contributed by atoms with Gasteiger partial charge in [-0.05, 0) is 30.6 Å². The first-order chi connectivity index (χ1) is 14.2. The maximum Gasteiger partial charge on any atom is 0.208 e. The molecule has 0 aromatic carbocycles. The zero-order chi connectivity index (χ0) is 20.1. The smallest absolute Gasteiger partial charge is 0.208 e. The minimum absolute atomic E-state index is 0.237. The molecule has 156 valence electrons. The Bertz CT molecular complexity index is 760. The quantitative estimate of drug-likeness (QED) is 0.750. The van der Waals surface area contributed by atoms with Crippen LogP contribution in [0.4, 0.5) is 16.0 Å². The predicted molar refractivity (Wildman–Crippen MR) is 109 cm³/mol. The van der Waals surface area contributed by atoms with Gasteiger partial charge in [0.1, 0.15) is 5.76 Å². The van der Waals surface area contributed by atoms with Gasteiger partial charge in [-0.15, -0.1) is 0 Å². The second-order valence-electron chi connectivity index (χ2n) is 7.17. The Morgan fingerprint density at radius 3 is 2.10 bits per heavy atom. The van der Waals surface area contributed by atoms with E-state index in [0.717, 1.165) is 12.2 Å². The molecule has 2 fully saturated rings. The number of hydrogen-bond acceptors (Lipinski definition) is 7. The Balaban J connectivity index is 1.61. The molecule has 2 aliphatic heterocycles. The van der Waals surface area contributed by atoms with Crippen molar-refractivity contribution >= 4 is 17.7 Å². The fraction of sp³-hybridized carbons (Fsp3) is 0.524. The number of morpholine rings is 2. The standard InChI is InChI=1S/C21H27FN4O3/c1-27-17-5-2-16(3-6-17)4-7-18-23-20(25-8-12-28-13-9-25)19(22)21(24-18)26-10-14-29-15-11-26/h2,4-7,16H,3,8-15H2,1H3/b7-4+. The molecule has 1 unspecified atom stereocenters. The summed E-state index contributed by atoms with van der Waals surface area (Å²) in [4.78, 5) is 13.0. The van der Waals surface area contributed by atoms with Crippen molar-refractivity contribution in [1.82, 2.24) is 9.97 Å². The zero-order valence-corrected chi connectivity index (χ0v) is 16.7. The molecule has 4 rings (SSSR count). The third-order valence-electron chi connectivity index (χ3n) is 5.28. The van der Waals surface area contributed by atoms with Gasteiger partial charge < -0.3 is 24.0 Å². The van der Waals surface area contributed by atoms with Crippen LogP contribution in [-0.4, -0.2) is 69.7 Å². The summed E-state index contributed by atoms with van der Waals surface area (Å²) in [5, 5.41) is 0. The van der Waals surface area contributed by atoms with Gasteiger partial charge in [0.15, 0.2) is 17.5 Å². The Hall–Kier alpha value is -2.45. The largest absolute Gasteiger partial charge is 0.497 e. The molecule has 1 atom stereocenters. The number of halogens is 1. The van der Waals surface area contributed by atoms with Crippen LogP contribution >= 0.6 is 0 Å². The van der Waals surface area contributed by atoms with Gasteiger partial charge >= 0.3 is 0 Å². The van der Waals surface area contributed by atoms with Gasteiger partial charge in [-0.25, -0.2) is 9.97 Å². The average Bonchev–Trinajstić information content (AvgIpc) is 2.80. The molecule has 0 amide bonds. The predicted octanol–water partition coefficient (Wildman–Crippen LogP) is 2.41. The molecular weight excluding hydrogens is 375 g/mol. The van der Waals surface area contributed by atoms with Crippen LogP contribution < -0.4 is 9.80 Å². The number of methoxy groups -OCH3 is 1. The summed E-state index contributed by atoms with van der Waals surface area (Å²) in [7, 11) is 1.67. The fourth-order valence-corrected chi connectivity index (χ4v) is 3.61. The Labute approximate surface area is 170 Å². The van der Waals surface area contributed by atoms with Crippen LogP contribution in [0.1, 0.15) is 12.2 Å². The highest BCUT2D eigenvalue weighted by Crippen LogP contribution is 2.28. The molecule has 8 heteroatoms. The molecule has 0 radical (unpaired) electrons. The van der Waals surface area contributed by atoms with E-state index in [0.29, 0.717) is 70.1 Å². The van der Waals surface area contributed by atoms with E-state index in [4.69, 9.17) is 14.2 Å². The second-order valence-corrected chi connectivity index (χ2v) is 7.17. The van der Waals surface area contributed by atoms with Crippen LogP contribution in [-0.2, 0) is 14.2 Å². The van der Waals surface area contributed by atoms with E-state index >= 15 is 4.39 Å². The third-order valence-corrected chi connectivity index (χ3v) is 5.28. The van der Waals surface area contributed by atoms with Gasteiger partial charge in [0, 0.05) is 26.2 Å². The van der Waals surface area contributed by atoms with Crippen molar-refractivity contribution in [3.05, 3.63) is 41.7 Å². The molecule has 2 saturated heterocycles. The number of hydrogen-bond donors (Lipinski definition) is 0. The first-order valence-corrected chi connectivity index (χ1v) is 10.1. The second kappa shape index (κ2) is 9.37. The topological polar surface area (TPSA) is 60.0 Å². The lowest BCUT2D eigenvalue weighted by Crippen LogP contribution is -2.40. The first-order valence-electron chi connectivity index (χ1n) is 10.1. The van der Waals surface area contributed by atoms with Gasteiger partial charge in [-0.3, -0.25) is 0 Å². The molecule has 1 aromatic rings. The van der Waals surface area contributed by atoms with Crippen molar-refractivity contribution in [2.24, 2.45) is 5.92 Å². The monoisotopic (exact) mass is 402 g/mol. The van der Waals surface area contributed by atoms with Gasteiger partial charge in [0.2, 0.25) is 5.82 Å². The Kier molecular flexibility index (Phi) is 6.41. The Morgan fingerprint density at radius 1 is 1.03 bits per heavy atom. The lowest BCUT2D eigenvalue weighted by atomic mass is 9.99. The van der Waals surface area contributed by atoms with Gasteiger partial charge in [0.25, 0.3) is 0 Å². The van der Waals surface area contributed by atoms with E-state index in [1.165, 1.54) is 0 Å². The van der Waals surface area contributed by atoms with Crippen molar-refractivity contribution in [3.8, 4) is 0 Å². The molecule has 1 aromatic heterocycles. The summed E-state index contributed by atoms with van der Waals surface area (Å²) < 4.78 is 31.4. The molecule has 0 saturated carbocycles. The molecule has 0 spiro atoms. The summed E-state index contributed by atoms with van der Waals surface area (Å²) >= 11 is 0. The molecule has 3 heterocycles. The Morgan fingerprint density at radius 2 is 1.62 bits per heavy atom. The van der Waals surface area contributed by atoms with Crippen LogP contribution in [0.3, 0.4) is 0 Å². The highest BCUT2D eigenvalue weighted by molar-refractivity contribution is 5.57. The van der Waals surface area contributed by atoms with Crippen LogP contribution in [0.5, 0.6) is 0 Å². The number of allylic oxidation sites excluding steroid dienone is 4. The average molecular weight is 402 g/mol. The van der Waals surface area contributed by atoms with Crippen LogP contribution in [0.15, 0.2) is 30.1 Å². The first kappa shape index (κ1) is 19.8. The summed E-state index contributed by atoms with van der Waals surface area (Å²) in [6.45, 7) is 4.77. The van der Waals surface area contributed by atoms with Gasteiger partial charge in [-0.2, -0.15) is 4.39 Å². The molecule has 29 heavy (non-hydrogen) atoms. The SMILES string of the molecule is COC1=CCC(/C=C/c2nc(N3CCOCC3)c(F)c(N3CCOCC3)n2)C=C1. The van der Waals surface area contributed by atoms with Crippen LogP contribution in [0.25, 0.3) is 6.08 Å². The number of rotatable bonds is 5. The van der Waals surface area contributed by atoms with Gasteiger partial charge in [-0.1, -0.05) is 12.2 Å². The van der Waals surface area contributed by atoms with Crippen molar-refractivity contribution in [2.75, 3.05) is 69.5 Å². The molecule has 7 nitrogen and oxygen atoms in total. The lowest BCUT2D eigenvalue weighted by molar-refractivity contribution is 0.121. The third kappa shape index (κ3) is 4.76. The zero-order valence-electron chi connectivity index (χ0n) is 16.7. The molecule has 3 aliphatic rings. The van der Waals surface area contributed by atoms with E-state index in [1.54, 1.807) is 7.11 Å². The van der Waals surface area contributed by atoms with Gasteiger partial charge in [0.05, 0.1) is 33.5 Å². The lowest BCUT2D eigenvalue weighted by Gasteiger charge is -2.31. The maximum absolute atomic E-state index is 15.4. The summed E-state index contributed by atoms with van der Waals surface area (Å²) in [6, 6.07) is 0. The molecule has 0 N–H and O–H groups in total. The maximum atomic E-state index is 15.4. The van der Waals surface area contributed by atoms with E-state index < -0.39 is 0 Å². The summed E-state index contributed by atoms with van der Waals surface area (Å²) in [6.07, 6.45) is 10.9. The summed E-state index contributed by atoms with van der Waals surface area (Å²) in [5.74, 6) is 1.97. The van der Waals surface area contributed by atoms with E-state index in [2.05, 4.69) is 28.2 Å². The number of aromatic nitrogens is 2. The molecule has 0 bridgehead atoms. The van der Waals surface area contributed by atoms with Crippen molar-refractivity contribution < 1.29 is 18.6 Å². The van der Waals surface area contributed by atoms with Crippen molar-refractivity contribution in [3.63, 3.8) is 0 Å². The fourth-order valence-electron chi connectivity index (χ4n) is 3.61. The number of nitrogens with zero attached hydrogens (tertiary/aromatic N) is 4. The minimum atomic E-state index is -0.365. The number of ether oxygens (including phenoxy) is 3. The number of anilines is 2.